The highest BCUT2D eigenvalue weighted by Crippen LogP contribution is 2.20. The monoisotopic (exact) mass is 734 g/mol. The van der Waals surface area contributed by atoms with Gasteiger partial charge in [-0.3, -0.25) is 0 Å². The summed E-state index contributed by atoms with van der Waals surface area (Å²) in [7, 11) is 2.44. The van der Waals surface area contributed by atoms with Crippen LogP contribution in [0, 0.1) is 22.7 Å². The third-order valence-corrected chi connectivity index (χ3v) is 8.28. The number of nitrogens with zero attached hydrogens (tertiary/aromatic N) is 4. The highest BCUT2D eigenvalue weighted by Gasteiger charge is 2.16. The van der Waals surface area contributed by atoms with Crippen LogP contribution < -0.4 is 9.80 Å². The number of esters is 4. The molecule has 0 atom stereocenters. The average Bonchev–Trinajstić information content (AvgIpc) is 3.21. The number of nitriles is 2. The van der Waals surface area contributed by atoms with Crippen LogP contribution in [0.25, 0.3) is 12.2 Å². The maximum absolute atomic E-state index is 13.0. The van der Waals surface area contributed by atoms with Gasteiger partial charge in [0.05, 0.1) is 38.4 Å². The molecule has 0 N–H and O–H groups in total. The molecule has 0 aliphatic carbocycles. The lowest BCUT2D eigenvalue weighted by molar-refractivity contribution is -0.136. The van der Waals surface area contributed by atoms with Gasteiger partial charge in [-0.2, -0.15) is 10.5 Å². The first-order valence-corrected chi connectivity index (χ1v) is 17.7. The SMILES string of the molecule is CCCCN(CCOC(=O)c1cccc(C(=O)OCCN(CCCC)c2ccc(C=C(C#N)C(=O)OC)cc2)c1)c1ccc(C=C(C#N)C(=O)OC)cc1. The summed E-state index contributed by atoms with van der Waals surface area (Å²) in [6, 6.07) is 24.6. The fourth-order valence-corrected chi connectivity index (χ4v) is 5.26. The first kappa shape index (κ1) is 42.0. The number of benzene rings is 3. The molecule has 0 fully saturated rings. The van der Waals surface area contributed by atoms with Crippen molar-refractivity contribution in [1.29, 1.82) is 10.5 Å². The highest BCUT2D eigenvalue weighted by atomic mass is 16.5. The van der Waals surface area contributed by atoms with Gasteiger partial charge in [0.2, 0.25) is 0 Å². The number of carbonyl (C=O) groups excluding carboxylic acids is 4. The van der Waals surface area contributed by atoms with Crippen LogP contribution in [0.5, 0.6) is 0 Å². The van der Waals surface area contributed by atoms with Crippen LogP contribution in [-0.2, 0) is 28.5 Å². The number of hydrogen-bond acceptors (Lipinski definition) is 12. The number of carbonyl (C=O) groups is 4. The van der Waals surface area contributed by atoms with Crippen LogP contribution in [-0.4, -0.2) is 77.5 Å². The minimum atomic E-state index is -0.703. The van der Waals surface area contributed by atoms with Crippen molar-refractivity contribution in [3.63, 3.8) is 0 Å². The Morgan fingerprint density at radius 2 is 1.00 bits per heavy atom. The van der Waals surface area contributed by atoms with E-state index in [0.717, 1.165) is 50.1 Å². The Kier molecular flexibility index (Phi) is 17.5. The van der Waals surface area contributed by atoms with Crippen LogP contribution in [0.2, 0.25) is 0 Å². The predicted molar refractivity (Wildman–Crippen MR) is 205 cm³/mol. The van der Waals surface area contributed by atoms with Crippen molar-refractivity contribution >= 4 is 47.4 Å². The molecule has 282 valence electrons. The van der Waals surface area contributed by atoms with Gasteiger partial charge in [0.1, 0.15) is 36.5 Å². The van der Waals surface area contributed by atoms with Gasteiger partial charge in [0.15, 0.2) is 0 Å². The van der Waals surface area contributed by atoms with E-state index < -0.39 is 23.9 Å². The third kappa shape index (κ3) is 13.0. The van der Waals surface area contributed by atoms with Crippen molar-refractivity contribution in [2.45, 2.75) is 39.5 Å². The van der Waals surface area contributed by atoms with Crippen molar-refractivity contribution in [2.24, 2.45) is 0 Å². The highest BCUT2D eigenvalue weighted by molar-refractivity contribution is 5.98. The van der Waals surface area contributed by atoms with Gasteiger partial charge in [0.25, 0.3) is 0 Å². The zero-order valence-electron chi connectivity index (χ0n) is 31.2. The Morgan fingerprint density at radius 3 is 1.33 bits per heavy atom. The van der Waals surface area contributed by atoms with Gasteiger partial charge in [-0.25, -0.2) is 19.2 Å². The third-order valence-electron chi connectivity index (χ3n) is 8.28. The van der Waals surface area contributed by atoms with E-state index in [-0.39, 0.29) is 35.5 Å². The van der Waals surface area contributed by atoms with Crippen LogP contribution in [0.3, 0.4) is 0 Å². The lowest BCUT2D eigenvalue weighted by Gasteiger charge is -2.25. The van der Waals surface area contributed by atoms with E-state index in [9.17, 15) is 29.7 Å². The summed E-state index contributed by atoms with van der Waals surface area (Å²) in [5.41, 5.74) is 3.38. The fourth-order valence-electron chi connectivity index (χ4n) is 5.26. The predicted octanol–water partition coefficient (Wildman–Crippen LogP) is 6.77. The molecule has 0 aliphatic heterocycles. The van der Waals surface area contributed by atoms with E-state index in [1.165, 1.54) is 32.4 Å². The summed E-state index contributed by atoms with van der Waals surface area (Å²) >= 11 is 0. The van der Waals surface area contributed by atoms with Gasteiger partial charge in [-0.05, 0) is 78.6 Å². The Balaban J connectivity index is 1.59. The molecule has 54 heavy (non-hydrogen) atoms. The Morgan fingerprint density at radius 1 is 0.611 bits per heavy atom. The Bertz CT molecular complexity index is 1740. The van der Waals surface area contributed by atoms with Crippen molar-refractivity contribution < 1.29 is 38.1 Å². The molecule has 12 heteroatoms. The molecule has 0 spiro atoms. The molecule has 0 aliphatic rings. The van der Waals surface area contributed by atoms with Gasteiger partial charge >= 0.3 is 23.9 Å². The maximum Gasteiger partial charge on any atom is 0.348 e. The lowest BCUT2D eigenvalue weighted by Crippen LogP contribution is -2.29. The van der Waals surface area contributed by atoms with E-state index in [2.05, 4.69) is 33.1 Å². The minimum Gasteiger partial charge on any atom is -0.465 e. The molecule has 3 aromatic rings. The summed E-state index contributed by atoms with van der Waals surface area (Å²) in [5.74, 6) is -2.54. The van der Waals surface area contributed by atoms with Crippen molar-refractivity contribution in [1.82, 2.24) is 0 Å². The second kappa shape index (κ2) is 22.5. The van der Waals surface area contributed by atoms with Crippen LogP contribution >= 0.6 is 0 Å². The first-order chi connectivity index (χ1) is 26.2. The van der Waals surface area contributed by atoms with Crippen molar-refractivity contribution in [3.05, 3.63) is 106 Å². The molecular formula is C42H46N4O8. The molecule has 0 heterocycles. The van der Waals surface area contributed by atoms with E-state index in [1.807, 2.05) is 36.4 Å². The number of anilines is 2. The molecule has 0 bridgehead atoms. The van der Waals surface area contributed by atoms with Gasteiger partial charge < -0.3 is 28.7 Å². The average molecular weight is 735 g/mol. The second-order valence-electron chi connectivity index (χ2n) is 12.0. The second-order valence-corrected chi connectivity index (χ2v) is 12.0. The normalized spacial score (nSPS) is 11.1. The molecule has 0 unspecified atom stereocenters. The zero-order valence-corrected chi connectivity index (χ0v) is 31.2. The van der Waals surface area contributed by atoms with Crippen molar-refractivity contribution in [3.8, 4) is 12.1 Å². The molecule has 3 rings (SSSR count). The number of methoxy groups -OCH3 is 2. The van der Waals surface area contributed by atoms with E-state index >= 15 is 0 Å². The number of unbranched alkanes of at least 4 members (excludes halogenated alkanes) is 2. The topological polar surface area (TPSA) is 159 Å². The quantitative estimate of drug-likeness (QED) is 0.0520. The largest absolute Gasteiger partial charge is 0.465 e. The molecular weight excluding hydrogens is 688 g/mol. The first-order valence-electron chi connectivity index (χ1n) is 17.7. The lowest BCUT2D eigenvalue weighted by atomic mass is 10.1. The molecule has 3 aromatic carbocycles. The van der Waals surface area contributed by atoms with Crippen LogP contribution in [0.4, 0.5) is 11.4 Å². The molecule has 0 aromatic heterocycles. The smallest absolute Gasteiger partial charge is 0.348 e. The van der Waals surface area contributed by atoms with Gasteiger partial charge in [0, 0.05) is 24.5 Å². The zero-order chi connectivity index (χ0) is 39.3. The summed E-state index contributed by atoms with van der Waals surface area (Å²) < 4.78 is 20.5. The Labute approximate surface area is 316 Å². The number of hydrogen-bond donors (Lipinski definition) is 0. The van der Waals surface area contributed by atoms with Gasteiger partial charge in [-0.15, -0.1) is 0 Å². The standard InChI is InChI=1S/C42H46N4O8/c1-5-7-20-45(37-16-12-31(13-17-37)26-35(29-43)39(47)51-3)22-24-53-41(49)33-10-9-11-34(28-33)42(50)54-25-23-46(21-8-6-2)38-18-14-32(15-19-38)27-36(30-44)40(48)52-4/h9-19,26-28H,5-8,20-25H2,1-4H3. The summed E-state index contributed by atoms with van der Waals surface area (Å²) in [6.45, 7) is 6.70. The molecule has 0 amide bonds. The van der Waals surface area contributed by atoms with Crippen LogP contribution in [0.15, 0.2) is 83.9 Å². The molecule has 0 saturated heterocycles. The van der Waals surface area contributed by atoms with Gasteiger partial charge in [-0.1, -0.05) is 57.0 Å². The minimum absolute atomic E-state index is 0.101. The summed E-state index contributed by atoms with van der Waals surface area (Å²) in [5, 5.41) is 18.5. The van der Waals surface area contributed by atoms with E-state index in [4.69, 9.17) is 9.47 Å². The summed E-state index contributed by atoms with van der Waals surface area (Å²) in [6.07, 6.45) is 6.70. The van der Waals surface area contributed by atoms with E-state index in [0.29, 0.717) is 24.2 Å². The molecule has 0 saturated carbocycles. The van der Waals surface area contributed by atoms with Crippen molar-refractivity contribution in [2.75, 3.05) is 63.4 Å². The summed E-state index contributed by atoms with van der Waals surface area (Å²) in [4.78, 5) is 53.7. The Hall–Kier alpha value is -6.40. The van der Waals surface area contributed by atoms with E-state index in [1.54, 1.807) is 42.5 Å². The molecule has 12 nitrogen and oxygen atoms in total. The maximum atomic E-state index is 13.0. The number of ether oxygens (including phenoxy) is 4. The fraction of sp³-hybridized carbons (Fsp3) is 0.333. The number of rotatable bonds is 20. The van der Waals surface area contributed by atoms with Crippen LogP contribution in [0.1, 0.15) is 71.4 Å². The molecule has 0 radical (unpaired) electrons.